The number of benzene rings is 3. The summed E-state index contributed by atoms with van der Waals surface area (Å²) in [5, 5.41) is 0. The molecule has 0 saturated carbocycles. The van der Waals surface area contributed by atoms with Crippen LogP contribution in [0.3, 0.4) is 0 Å². The van der Waals surface area contributed by atoms with Gasteiger partial charge in [0.25, 0.3) is 0 Å². The second-order valence-electron chi connectivity index (χ2n) is 7.42. The van der Waals surface area contributed by atoms with Gasteiger partial charge in [-0.05, 0) is 25.1 Å². The number of ether oxygens (including phenoxy) is 1. The fourth-order valence-corrected chi connectivity index (χ4v) is 3.78. The van der Waals surface area contributed by atoms with Crippen molar-refractivity contribution in [3.63, 3.8) is 0 Å². The van der Waals surface area contributed by atoms with Gasteiger partial charge in [-0.15, -0.1) is 14.8 Å². The van der Waals surface area contributed by atoms with Crippen LogP contribution in [-0.4, -0.2) is 31.3 Å². The minimum absolute atomic E-state index is 0.784. The largest absolute Gasteiger partial charge is 0.378 e. The highest BCUT2D eigenvalue weighted by Gasteiger charge is 2.21. The molecule has 1 aliphatic heterocycles. The van der Waals surface area contributed by atoms with E-state index in [1.165, 1.54) is 11.3 Å². The van der Waals surface area contributed by atoms with Crippen molar-refractivity contribution in [3.8, 4) is 5.69 Å². The van der Waals surface area contributed by atoms with Crippen molar-refractivity contribution >= 4 is 27.8 Å². The maximum atomic E-state index is 8.49. The monoisotopic (exact) mass is 455 g/mol. The third-order valence-electron chi connectivity index (χ3n) is 5.23. The molecule has 0 N–H and O–H groups in total. The van der Waals surface area contributed by atoms with Gasteiger partial charge < -0.3 is 9.64 Å². The molecule has 1 aromatic heterocycles. The van der Waals surface area contributed by atoms with Crippen LogP contribution in [0, 0.1) is 17.2 Å². The molecule has 0 bridgehead atoms. The van der Waals surface area contributed by atoms with Crippen molar-refractivity contribution in [2.45, 2.75) is 6.92 Å². The van der Waals surface area contributed by atoms with Crippen molar-refractivity contribution in [1.82, 2.24) is 4.98 Å². The first-order valence-corrected chi connectivity index (χ1v) is 11.3. The number of morpholine rings is 1. The minimum Gasteiger partial charge on any atom is -0.378 e. The molecule has 2 heterocycles. The highest BCUT2D eigenvalue weighted by Crippen LogP contribution is 2.23. The second kappa shape index (κ2) is 9.33. The topological polar surface area (TPSA) is 121 Å². The molecular weight excluding hydrogens is 434 g/mol. The predicted octanol–water partition coefficient (Wildman–Crippen LogP) is -0.946. The van der Waals surface area contributed by atoms with Gasteiger partial charge in [-0.25, -0.2) is 23.6 Å². The average Bonchev–Trinajstić information content (AvgIpc) is 2.77. The summed E-state index contributed by atoms with van der Waals surface area (Å²) in [5.41, 5.74) is 7.90. The highest BCUT2D eigenvalue weighted by molar-refractivity contribution is 5.84. The Morgan fingerprint density at radius 1 is 0.844 bits per heavy atom. The summed E-state index contributed by atoms with van der Waals surface area (Å²) < 4.78 is 41.8. The predicted molar refractivity (Wildman–Crippen MR) is 109 cm³/mol. The summed E-state index contributed by atoms with van der Waals surface area (Å²) in [7, 11) is -4.94. The molecule has 3 aromatic carbocycles. The number of hydrogen-bond donors (Lipinski definition) is 0. The van der Waals surface area contributed by atoms with E-state index in [4.69, 9.17) is 28.4 Å². The minimum atomic E-state index is -4.94. The number of rotatable bonds is 2. The number of para-hydroxylation sites is 2. The van der Waals surface area contributed by atoms with Crippen LogP contribution in [0.4, 0.5) is 5.69 Å². The molecular formula is C23H22ClN3O5. The van der Waals surface area contributed by atoms with Crippen molar-refractivity contribution in [2.75, 3.05) is 31.2 Å². The molecule has 0 unspecified atom stereocenters. The number of nitrogens with zero attached hydrogens (tertiary/aromatic N) is 3. The number of aryl methyl sites for hydroxylation is 1. The molecule has 9 heteroatoms. The van der Waals surface area contributed by atoms with Gasteiger partial charge in [0.15, 0.2) is 0 Å². The van der Waals surface area contributed by atoms with Crippen molar-refractivity contribution < 1.29 is 38.2 Å². The summed E-state index contributed by atoms with van der Waals surface area (Å²) >= 11 is 0. The lowest BCUT2D eigenvalue weighted by Crippen LogP contribution is -2.68. The van der Waals surface area contributed by atoms with E-state index < -0.39 is 10.2 Å². The first-order chi connectivity index (χ1) is 15.3. The highest BCUT2D eigenvalue weighted by atomic mass is 35.7. The summed E-state index contributed by atoms with van der Waals surface area (Å²) in [6.45, 7) is 5.54. The van der Waals surface area contributed by atoms with Crippen LogP contribution in [0.1, 0.15) is 5.56 Å². The van der Waals surface area contributed by atoms with Crippen molar-refractivity contribution in [1.29, 1.82) is 0 Å². The van der Waals surface area contributed by atoms with Crippen molar-refractivity contribution in [2.24, 2.45) is 0 Å². The molecule has 0 amide bonds. The Kier molecular flexibility index (Phi) is 6.52. The van der Waals surface area contributed by atoms with Gasteiger partial charge in [-0.3, -0.25) is 0 Å². The first kappa shape index (κ1) is 22.3. The first-order valence-electron chi connectivity index (χ1n) is 10.1. The van der Waals surface area contributed by atoms with Crippen LogP contribution in [0.5, 0.6) is 0 Å². The van der Waals surface area contributed by atoms with E-state index in [0.717, 1.165) is 54.1 Å². The third kappa shape index (κ3) is 5.31. The van der Waals surface area contributed by atoms with Gasteiger partial charge >= 0.3 is 0 Å². The Balaban J connectivity index is 0.000000444. The lowest BCUT2D eigenvalue weighted by molar-refractivity contribution is -2.00. The number of aromatic nitrogens is 2. The van der Waals surface area contributed by atoms with Crippen LogP contribution < -0.4 is 28.1 Å². The van der Waals surface area contributed by atoms with Gasteiger partial charge in [0.1, 0.15) is 11.0 Å². The van der Waals surface area contributed by atoms with E-state index in [1.54, 1.807) is 0 Å². The lowest BCUT2D eigenvalue weighted by Gasteiger charge is -2.28. The quantitative estimate of drug-likeness (QED) is 0.282. The van der Waals surface area contributed by atoms with Crippen LogP contribution in [0.15, 0.2) is 66.7 Å². The molecule has 0 aliphatic carbocycles. The van der Waals surface area contributed by atoms with E-state index in [0.29, 0.717) is 0 Å². The number of hydrogen-bond acceptors (Lipinski definition) is 7. The molecule has 1 fully saturated rings. The lowest BCUT2D eigenvalue weighted by atomic mass is 10.1. The molecule has 1 aliphatic rings. The third-order valence-corrected chi connectivity index (χ3v) is 5.23. The second-order valence-corrected chi connectivity index (χ2v) is 8.18. The van der Waals surface area contributed by atoms with Crippen LogP contribution >= 0.6 is 0 Å². The molecule has 5 rings (SSSR count). The molecule has 8 nitrogen and oxygen atoms in total. The summed E-state index contributed by atoms with van der Waals surface area (Å²) in [4.78, 5) is 7.29. The van der Waals surface area contributed by atoms with E-state index in [2.05, 4.69) is 77.1 Å². The smallest absolute Gasteiger partial charge is 0.239 e. The molecule has 32 heavy (non-hydrogen) atoms. The Morgan fingerprint density at radius 3 is 2.16 bits per heavy atom. The zero-order valence-corrected chi connectivity index (χ0v) is 18.2. The standard InChI is InChI=1S/C23H22N3O.ClHO4/c1-17-6-8-18(9-7-17)26-22-5-3-2-4-20(22)24-21-11-10-19(16-23(21)26)25-12-14-27-15-13-25;2-1(3,4)5/h2-11,16H,12-15H2,1H3;(H,2,3,4,5)/q+1;/p-1. The van der Waals surface area contributed by atoms with Gasteiger partial charge in [0.2, 0.25) is 16.7 Å². The molecule has 0 radical (unpaired) electrons. The fourth-order valence-electron chi connectivity index (χ4n) is 3.78. The maximum absolute atomic E-state index is 8.49. The molecule has 1 saturated heterocycles. The number of fused-ring (bicyclic) bond motifs is 2. The average molecular weight is 456 g/mol. The normalized spacial score (nSPS) is 14.3. The maximum Gasteiger partial charge on any atom is 0.239 e. The van der Waals surface area contributed by atoms with Crippen molar-refractivity contribution in [3.05, 3.63) is 72.3 Å². The Labute approximate surface area is 187 Å². The van der Waals surface area contributed by atoms with Crippen LogP contribution in [0.25, 0.3) is 27.8 Å². The summed E-state index contributed by atoms with van der Waals surface area (Å²) in [6, 6.07) is 23.6. The van der Waals surface area contributed by atoms with Crippen LogP contribution in [0.2, 0.25) is 0 Å². The number of anilines is 1. The SMILES string of the molecule is Cc1ccc(-[n+]2c3ccccc3nc3ccc(N4CCOCC4)cc32)cc1.[O-][Cl+3]([O-])([O-])[O-]. The Bertz CT molecular complexity index is 1220. The van der Waals surface area contributed by atoms with E-state index in [9.17, 15) is 0 Å². The Hall–Kier alpha value is -2.85. The molecule has 166 valence electrons. The molecule has 0 spiro atoms. The fraction of sp³-hybridized carbons (Fsp3) is 0.217. The van der Waals surface area contributed by atoms with Gasteiger partial charge in [0, 0.05) is 43.0 Å². The zero-order valence-electron chi connectivity index (χ0n) is 17.4. The van der Waals surface area contributed by atoms with E-state index in [1.807, 2.05) is 6.07 Å². The molecule has 0 atom stereocenters. The Morgan fingerprint density at radius 2 is 1.47 bits per heavy atom. The van der Waals surface area contributed by atoms with Gasteiger partial charge in [-0.1, -0.05) is 29.8 Å². The summed E-state index contributed by atoms with van der Waals surface area (Å²) in [5.74, 6) is 0. The van der Waals surface area contributed by atoms with Gasteiger partial charge in [-0.2, -0.15) is 0 Å². The summed E-state index contributed by atoms with van der Waals surface area (Å²) in [6.07, 6.45) is 0. The molecule has 4 aromatic rings. The van der Waals surface area contributed by atoms with Crippen LogP contribution in [-0.2, 0) is 4.74 Å². The van der Waals surface area contributed by atoms with E-state index >= 15 is 0 Å². The zero-order chi connectivity index (χ0) is 22.7. The van der Waals surface area contributed by atoms with E-state index in [-0.39, 0.29) is 0 Å². The van der Waals surface area contributed by atoms with Gasteiger partial charge in [0.05, 0.1) is 13.2 Å². The number of halogens is 1.